The Bertz CT molecular complexity index is 945. The summed E-state index contributed by atoms with van der Waals surface area (Å²) in [4.78, 5) is 12.3. The lowest BCUT2D eigenvalue weighted by Gasteiger charge is -2.06. The zero-order chi connectivity index (χ0) is 18.5. The number of hydrogen-bond acceptors (Lipinski definition) is 3. The zero-order valence-corrected chi connectivity index (χ0v) is 14.6. The maximum Gasteiger partial charge on any atom is 0.271 e. The summed E-state index contributed by atoms with van der Waals surface area (Å²) in [6.45, 7) is 4.55. The number of hydrogen-bond donors (Lipinski definition) is 1. The van der Waals surface area contributed by atoms with Gasteiger partial charge in [0, 0.05) is 11.3 Å². The number of benzene rings is 2. The van der Waals surface area contributed by atoms with E-state index in [-0.39, 0.29) is 11.7 Å². The van der Waals surface area contributed by atoms with Gasteiger partial charge in [-0.3, -0.25) is 9.48 Å². The molecular formula is C20H19FN4O. The average molecular weight is 350 g/mol. The molecule has 0 fully saturated rings. The molecule has 132 valence electrons. The van der Waals surface area contributed by atoms with E-state index in [4.69, 9.17) is 0 Å². The first kappa shape index (κ1) is 17.5. The first-order valence-electron chi connectivity index (χ1n) is 8.20. The number of rotatable bonds is 5. The summed E-state index contributed by atoms with van der Waals surface area (Å²) in [7, 11) is 0. The Morgan fingerprint density at radius 3 is 2.65 bits per heavy atom. The largest absolute Gasteiger partial charge is 0.271 e. The lowest BCUT2D eigenvalue weighted by molar-refractivity contribution is 0.0955. The van der Waals surface area contributed by atoms with Gasteiger partial charge in [-0.2, -0.15) is 10.2 Å². The molecule has 5 nitrogen and oxygen atoms in total. The van der Waals surface area contributed by atoms with Crippen LogP contribution in [0.2, 0.25) is 0 Å². The van der Waals surface area contributed by atoms with Gasteiger partial charge in [0.05, 0.1) is 18.5 Å². The van der Waals surface area contributed by atoms with E-state index >= 15 is 0 Å². The molecule has 0 aliphatic heterocycles. The van der Waals surface area contributed by atoms with Crippen LogP contribution >= 0.6 is 0 Å². The van der Waals surface area contributed by atoms with E-state index in [1.165, 1.54) is 18.3 Å². The van der Waals surface area contributed by atoms with Crippen molar-refractivity contribution < 1.29 is 9.18 Å². The van der Waals surface area contributed by atoms with Crippen molar-refractivity contribution in [3.05, 3.63) is 88.5 Å². The molecule has 1 N–H and O–H groups in total. The fourth-order valence-electron chi connectivity index (χ4n) is 2.60. The SMILES string of the molecule is Cc1cc(C)n(Cc2cccc(C(=O)N/N=C/c3ccc(F)cc3)c2)n1. The second-order valence-electron chi connectivity index (χ2n) is 6.04. The number of nitrogens with zero attached hydrogens (tertiary/aromatic N) is 3. The molecule has 0 saturated carbocycles. The third kappa shape index (κ3) is 4.42. The molecule has 2 aromatic carbocycles. The van der Waals surface area contributed by atoms with Gasteiger partial charge in [0.1, 0.15) is 5.82 Å². The van der Waals surface area contributed by atoms with Crippen LogP contribution in [0, 0.1) is 19.7 Å². The summed E-state index contributed by atoms with van der Waals surface area (Å²) < 4.78 is 14.8. The van der Waals surface area contributed by atoms with Crippen molar-refractivity contribution in [3.63, 3.8) is 0 Å². The molecule has 0 saturated heterocycles. The predicted octanol–water partition coefficient (Wildman–Crippen LogP) is 3.45. The Balaban J connectivity index is 1.66. The van der Waals surface area contributed by atoms with Crippen LogP contribution in [0.4, 0.5) is 4.39 Å². The monoisotopic (exact) mass is 350 g/mol. The van der Waals surface area contributed by atoms with Gasteiger partial charge in [-0.05, 0) is 55.3 Å². The number of halogens is 1. The minimum atomic E-state index is -0.314. The highest BCUT2D eigenvalue weighted by Gasteiger charge is 2.07. The van der Waals surface area contributed by atoms with Gasteiger partial charge in [-0.25, -0.2) is 9.82 Å². The van der Waals surface area contributed by atoms with Crippen LogP contribution in [0.3, 0.4) is 0 Å². The Hall–Kier alpha value is -3.28. The first-order valence-corrected chi connectivity index (χ1v) is 8.20. The molecule has 1 heterocycles. The van der Waals surface area contributed by atoms with E-state index in [1.807, 2.05) is 42.8 Å². The van der Waals surface area contributed by atoms with Crippen molar-refractivity contribution >= 4 is 12.1 Å². The van der Waals surface area contributed by atoms with Crippen molar-refractivity contribution in [3.8, 4) is 0 Å². The van der Waals surface area contributed by atoms with Crippen LogP contribution in [0.25, 0.3) is 0 Å². The molecule has 0 aliphatic carbocycles. The maximum absolute atomic E-state index is 12.9. The van der Waals surface area contributed by atoms with Crippen molar-refractivity contribution in [2.75, 3.05) is 0 Å². The fraction of sp³-hybridized carbons (Fsp3) is 0.150. The Labute approximate surface area is 151 Å². The van der Waals surface area contributed by atoms with Crippen LogP contribution in [0.1, 0.15) is 32.9 Å². The highest BCUT2D eigenvalue weighted by Crippen LogP contribution is 2.10. The van der Waals surface area contributed by atoms with E-state index in [2.05, 4.69) is 15.6 Å². The van der Waals surface area contributed by atoms with Crippen LogP contribution in [-0.4, -0.2) is 21.9 Å². The molecule has 6 heteroatoms. The van der Waals surface area contributed by atoms with Crippen molar-refractivity contribution in [1.82, 2.24) is 15.2 Å². The minimum Gasteiger partial charge on any atom is -0.267 e. The van der Waals surface area contributed by atoms with Crippen molar-refractivity contribution in [2.24, 2.45) is 5.10 Å². The van der Waals surface area contributed by atoms with Gasteiger partial charge >= 0.3 is 0 Å². The number of aromatic nitrogens is 2. The quantitative estimate of drug-likeness (QED) is 0.566. The topological polar surface area (TPSA) is 59.3 Å². The third-order valence-corrected chi connectivity index (χ3v) is 3.87. The smallest absolute Gasteiger partial charge is 0.267 e. The van der Waals surface area contributed by atoms with Gasteiger partial charge in [0.2, 0.25) is 0 Å². The summed E-state index contributed by atoms with van der Waals surface area (Å²) in [5.41, 5.74) is 6.71. The number of carbonyl (C=O) groups is 1. The second kappa shape index (κ2) is 7.74. The molecule has 0 unspecified atom stereocenters. The summed E-state index contributed by atoms with van der Waals surface area (Å²) in [6.07, 6.45) is 1.47. The van der Waals surface area contributed by atoms with Crippen LogP contribution in [0.5, 0.6) is 0 Å². The molecule has 0 spiro atoms. The number of carbonyl (C=O) groups excluding carboxylic acids is 1. The van der Waals surface area contributed by atoms with E-state index in [0.717, 1.165) is 17.0 Å². The van der Waals surface area contributed by atoms with Gasteiger partial charge < -0.3 is 0 Å². The van der Waals surface area contributed by atoms with E-state index < -0.39 is 0 Å². The van der Waals surface area contributed by atoms with E-state index in [1.54, 1.807) is 18.2 Å². The molecule has 26 heavy (non-hydrogen) atoms. The van der Waals surface area contributed by atoms with E-state index in [0.29, 0.717) is 17.7 Å². The van der Waals surface area contributed by atoms with Gasteiger partial charge in [-0.15, -0.1) is 0 Å². The minimum absolute atomic E-state index is 0.307. The third-order valence-electron chi connectivity index (χ3n) is 3.87. The lowest BCUT2D eigenvalue weighted by atomic mass is 10.1. The fourth-order valence-corrected chi connectivity index (χ4v) is 2.60. The Morgan fingerprint density at radius 1 is 1.19 bits per heavy atom. The van der Waals surface area contributed by atoms with Gasteiger partial charge in [0.15, 0.2) is 0 Å². The highest BCUT2D eigenvalue weighted by atomic mass is 19.1. The van der Waals surface area contributed by atoms with E-state index in [9.17, 15) is 9.18 Å². The number of amides is 1. The standard InChI is InChI=1S/C20H19FN4O/c1-14-10-15(2)25(24-14)13-17-4-3-5-18(11-17)20(26)23-22-12-16-6-8-19(21)9-7-16/h3-12H,13H2,1-2H3,(H,23,26)/b22-12+. The van der Waals surface area contributed by atoms with Gasteiger partial charge in [-0.1, -0.05) is 24.3 Å². The molecular weight excluding hydrogens is 331 g/mol. The van der Waals surface area contributed by atoms with Crippen LogP contribution in [-0.2, 0) is 6.54 Å². The molecule has 0 atom stereocenters. The second-order valence-corrected chi connectivity index (χ2v) is 6.04. The normalized spacial score (nSPS) is 11.0. The Morgan fingerprint density at radius 2 is 1.96 bits per heavy atom. The van der Waals surface area contributed by atoms with Gasteiger partial charge in [0.25, 0.3) is 5.91 Å². The first-order chi connectivity index (χ1) is 12.5. The number of nitrogens with one attached hydrogen (secondary N) is 1. The highest BCUT2D eigenvalue weighted by molar-refractivity contribution is 5.95. The summed E-state index contributed by atoms with van der Waals surface area (Å²) in [5.74, 6) is -0.621. The number of aryl methyl sites for hydroxylation is 2. The summed E-state index contributed by atoms with van der Waals surface area (Å²) in [5, 5.41) is 8.35. The average Bonchev–Trinajstić information content (AvgIpc) is 2.94. The molecule has 3 aromatic rings. The summed E-state index contributed by atoms with van der Waals surface area (Å²) in [6, 6.07) is 15.2. The van der Waals surface area contributed by atoms with Crippen LogP contribution in [0.15, 0.2) is 59.7 Å². The number of hydrazone groups is 1. The zero-order valence-electron chi connectivity index (χ0n) is 14.6. The predicted molar refractivity (Wildman–Crippen MR) is 98.7 cm³/mol. The molecule has 1 amide bonds. The van der Waals surface area contributed by atoms with Crippen LogP contribution < -0.4 is 5.43 Å². The molecule has 0 bridgehead atoms. The van der Waals surface area contributed by atoms with Crippen molar-refractivity contribution in [1.29, 1.82) is 0 Å². The Kier molecular flexibility index (Phi) is 5.22. The molecule has 1 aromatic heterocycles. The summed E-state index contributed by atoms with van der Waals surface area (Å²) >= 11 is 0. The lowest BCUT2D eigenvalue weighted by Crippen LogP contribution is -2.18. The van der Waals surface area contributed by atoms with Crippen molar-refractivity contribution in [2.45, 2.75) is 20.4 Å². The molecule has 3 rings (SSSR count). The molecule has 0 radical (unpaired) electrons. The maximum atomic E-state index is 12.9. The molecule has 0 aliphatic rings.